The first-order valence-corrected chi connectivity index (χ1v) is 5.85. The van der Waals surface area contributed by atoms with Crippen LogP contribution in [0.25, 0.3) is 0 Å². The fourth-order valence-electron chi connectivity index (χ4n) is 0.500. The van der Waals surface area contributed by atoms with Gasteiger partial charge in [-0.15, -0.1) is 0 Å². The molecule has 0 fully saturated rings. The Hall–Kier alpha value is 0.200. The molecule has 0 unspecified atom stereocenters. The van der Waals surface area contributed by atoms with Gasteiger partial charge in [-0.2, -0.15) is 8.42 Å². The van der Waals surface area contributed by atoms with Crippen molar-refractivity contribution in [1.29, 1.82) is 0 Å². The molecule has 0 saturated heterocycles. The van der Waals surface area contributed by atoms with E-state index in [0.29, 0.717) is 0 Å². The highest BCUT2D eigenvalue weighted by molar-refractivity contribution is 8.09. The lowest BCUT2D eigenvalue weighted by Crippen LogP contribution is -1.77. The maximum absolute atomic E-state index is 8.95. The summed E-state index contributed by atoms with van der Waals surface area (Å²) in [5, 5.41) is 0. The Bertz CT molecular complexity index is 141. The minimum absolute atomic E-state index is 1.36. The highest BCUT2D eigenvalue weighted by Gasteiger charge is 1.86. The molecular formula is C6H15ClO3S. The van der Waals surface area contributed by atoms with Crippen LogP contribution in [-0.4, -0.2) is 13.0 Å². The van der Waals surface area contributed by atoms with Crippen LogP contribution in [-0.2, 0) is 9.33 Å². The average Bonchev–Trinajstić information content (AvgIpc) is 1.79. The van der Waals surface area contributed by atoms with Crippen molar-refractivity contribution in [3.05, 3.63) is 0 Å². The van der Waals surface area contributed by atoms with Crippen LogP contribution in [0.1, 0.15) is 39.5 Å². The van der Waals surface area contributed by atoms with Crippen molar-refractivity contribution in [3.8, 4) is 0 Å². The zero-order valence-corrected chi connectivity index (χ0v) is 8.45. The SMILES string of the molecule is CCCCCC.O=S(=O)(O)Cl. The Morgan fingerprint density at radius 3 is 1.45 bits per heavy atom. The Morgan fingerprint density at radius 2 is 1.36 bits per heavy atom. The molecular weight excluding hydrogens is 188 g/mol. The van der Waals surface area contributed by atoms with Crippen LogP contribution in [0.3, 0.4) is 0 Å². The van der Waals surface area contributed by atoms with Crippen molar-refractivity contribution in [1.82, 2.24) is 0 Å². The molecule has 0 bridgehead atoms. The largest absolute Gasteiger partial charge is 0.353 e. The normalized spacial score (nSPS) is 10.2. The average molecular weight is 203 g/mol. The molecule has 0 rings (SSSR count). The van der Waals surface area contributed by atoms with Crippen LogP contribution in [0.15, 0.2) is 0 Å². The third-order valence-electron chi connectivity index (χ3n) is 0.957. The van der Waals surface area contributed by atoms with Crippen LogP contribution in [0.2, 0.25) is 0 Å². The zero-order valence-electron chi connectivity index (χ0n) is 6.88. The minimum atomic E-state index is -4.19. The van der Waals surface area contributed by atoms with Crippen LogP contribution < -0.4 is 0 Å². The number of hydrogen-bond acceptors (Lipinski definition) is 2. The molecule has 0 aliphatic carbocycles. The van der Waals surface area contributed by atoms with E-state index in [1.165, 1.54) is 25.7 Å². The van der Waals surface area contributed by atoms with Gasteiger partial charge in [-0.25, -0.2) is 0 Å². The molecule has 0 spiro atoms. The second kappa shape index (κ2) is 8.30. The van der Waals surface area contributed by atoms with Crippen LogP contribution >= 0.6 is 10.7 Å². The molecule has 0 aromatic heterocycles. The fraction of sp³-hybridized carbons (Fsp3) is 1.00. The van der Waals surface area contributed by atoms with Gasteiger partial charge in [0.1, 0.15) is 0 Å². The molecule has 5 heteroatoms. The van der Waals surface area contributed by atoms with Gasteiger partial charge in [-0.05, 0) is 0 Å². The van der Waals surface area contributed by atoms with E-state index < -0.39 is 9.33 Å². The highest BCUT2D eigenvalue weighted by atomic mass is 35.7. The second-order valence-electron chi connectivity index (χ2n) is 2.12. The zero-order chi connectivity index (χ0) is 9.33. The molecule has 0 aromatic rings. The molecule has 3 nitrogen and oxygen atoms in total. The van der Waals surface area contributed by atoms with E-state index in [-0.39, 0.29) is 0 Å². The summed E-state index contributed by atoms with van der Waals surface area (Å²) in [6.45, 7) is 4.46. The van der Waals surface area contributed by atoms with Gasteiger partial charge in [0, 0.05) is 10.7 Å². The van der Waals surface area contributed by atoms with Gasteiger partial charge in [0.25, 0.3) is 0 Å². The Morgan fingerprint density at radius 1 is 1.18 bits per heavy atom. The smallest absolute Gasteiger partial charge is 0.273 e. The maximum Gasteiger partial charge on any atom is 0.353 e. The van der Waals surface area contributed by atoms with Crippen LogP contribution in [0.5, 0.6) is 0 Å². The topological polar surface area (TPSA) is 54.4 Å². The first-order valence-electron chi connectivity index (χ1n) is 3.58. The van der Waals surface area contributed by atoms with Crippen LogP contribution in [0, 0.1) is 0 Å². The lowest BCUT2D eigenvalue weighted by molar-refractivity contribution is 0.501. The maximum atomic E-state index is 8.95. The van der Waals surface area contributed by atoms with E-state index in [1.807, 2.05) is 0 Å². The summed E-state index contributed by atoms with van der Waals surface area (Å²) in [4.78, 5) is 0. The molecule has 11 heavy (non-hydrogen) atoms. The Balaban J connectivity index is 0. The third-order valence-corrected chi connectivity index (χ3v) is 0.957. The van der Waals surface area contributed by atoms with E-state index in [1.54, 1.807) is 0 Å². The predicted molar refractivity (Wildman–Crippen MR) is 47.2 cm³/mol. The van der Waals surface area contributed by atoms with Gasteiger partial charge in [0.2, 0.25) is 0 Å². The molecule has 0 aliphatic heterocycles. The molecule has 0 aliphatic rings. The van der Waals surface area contributed by atoms with Crippen molar-refractivity contribution in [3.63, 3.8) is 0 Å². The van der Waals surface area contributed by atoms with Gasteiger partial charge in [0.15, 0.2) is 0 Å². The van der Waals surface area contributed by atoms with E-state index in [2.05, 4.69) is 24.5 Å². The van der Waals surface area contributed by atoms with Crippen LogP contribution in [0.4, 0.5) is 0 Å². The van der Waals surface area contributed by atoms with Gasteiger partial charge in [-0.3, -0.25) is 4.55 Å². The summed E-state index contributed by atoms with van der Waals surface area (Å²) in [7, 11) is -0.137. The van der Waals surface area contributed by atoms with Crippen molar-refractivity contribution in [2.24, 2.45) is 0 Å². The minimum Gasteiger partial charge on any atom is -0.273 e. The molecule has 0 aromatic carbocycles. The first-order chi connectivity index (χ1) is 4.91. The van der Waals surface area contributed by atoms with Gasteiger partial charge >= 0.3 is 9.33 Å². The van der Waals surface area contributed by atoms with Gasteiger partial charge in [0.05, 0.1) is 0 Å². The van der Waals surface area contributed by atoms with Crippen molar-refractivity contribution in [2.75, 3.05) is 0 Å². The lowest BCUT2D eigenvalue weighted by Gasteiger charge is -1.86. The first kappa shape index (κ1) is 13.8. The molecule has 0 heterocycles. The van der Waals surface area contributed by atoms with E-state index >= 15 is 0 Å². The van der Waals surface area contributed by atoms with E-state index in [0.717, 1.165) is 0 Å². The summed E-state index contributed by atoms with van der Waals surface area (Å²) in [6.07, 6.45) is 5.54. The Labute approximate surface area is 73.0 Å². The van der Waals surface area contributed by atoms with Crippen molar-refractivity contribution < 1.29 is 13.0 Å². The molecule has 0 radical (unpaired) electrons. The summed E-state index contributed by atoms with van der Waals surface area (Å²) >= 11 is 0. The molecule has 0 amide bonds. The van der Waals surface area contributed by atoms with E-state index in [9.17, 15) is 0 Å². The predicted octanol–water partition coefficient (Wildman–Crippen LogP) is 2.61. The summed E-state index contributed by atoms with van der Waals surface area (Å²) in [6, 6.07) is 0. The highest BCUT2D eigenvalue weighted by Crippen LogP contribution is 1.95. The Kier molecular flexibility index (Phi) is 10.4. The summed E-state index contributed by atoms with van der Waals surface area (Å²) < 4.78 is 25.2. The molecule has 1 N–H and O–H groups in total. The standard InChI is InChI=1S/C6H14.ClHO3S/c1-3-5-6-4-2;1-5(2,3)4/h3-6H2,1-2H3;(H,2,3,4). The number of unbranched alkanes of at least 4 members (excludes halogenated alkanes) is 3. The third kappa shape index (κ3) is 67.0. The quantitative estimate of drug-likeness (QED) is 0.435. The molecule has 0 saturated carbocycles. The van der Waals surface area contributed by atoms with Crippen molar-refractivity contribution in [2.45, 2.75) is 39.5 Å². The molecule has 70 valence electrons. The summed E-state index contributed by atoms with van der Waals surface area (Å²) in [5.41, 5.74) is 0. The monoisotopic (exact) mass is 202 g/mol. The lowest BCUT2D eigenvalue weighted by atomic mass is 10.2. The fourth-order valence-corrected chi connectivity index (χ4v) is 0.500. The van der Waals surface area contributed by atoms with E-state index in [4.69, 9.17) is 13.0 Å². The summed E-state index contributed by atoms with van der Waals surface area (Å²) in [5.74, 6) is 0. The molecule has 0 atom stereocenters. The number of rotatable bonds is 3. The van der Waals surface area contributed by atoms with Gasteiger partial charge in [-0.1, -0.05) is 39.5 Å². The second-order valence-corrected chi connectivity index (χ2v) is 4.11. The van der Waals surface area contributed by atoms with Crippen molar-refractivity contribution >= 4 is 20.0 Å². The number of halogens is 1. The number of hydrogen-bond donors (Lipinski definition) is 1. The van der Waals surface area contributed by atoms with Gasteiger partial charge < -0.3 is 0 Å².